The zero-order chi connectivity index (χ0) is 31.6. The first-order valence-electron chi connectivity index (χ1n) is 16.8. The summed E-state index contributed by atoms with van der Waals surface area (Å²) in [5.74, 6) is 3.41. The summed E-state index contributed by atoms with van der Waals surface area (Å²) in [6, 6.07) is 8.91. The quantitative estimate of drug-likeness (QED) is 0.119. The zero-order valence-electron chi connectivity index (χ0n) is 25.7. The van der Waals surface area contributed by atoms with Crippen LogP contribution in [-0.4, -0.2) is 33.1 Å². The average Bonchev–Trinajstić information content (AvgIpc) is 2.96. The lowest BCUT2D eigenvalue weighted by Crippen LogP contribution is -2.59. The van der Waals surface area contributed by atoms with Crippen molar-refractivity contribution >= 4 is 53.0 Å². The number of rotatable bonds is 8. The molecule has 0 radical (unpaired) electrons. The lowest BCUT2D eigenvalue weighted by Gasteiger charge is -2.56. The number of hydrogen-bond donors (Lipinski definition) is 4. The number of nitroso groups, excluding NO2 is 1. The largest absolute Gasteiger partial charge is 0.291 e. The molecule has 11 rings (SSSR count). The molecule has 8 bridgehead atoms. The maximum Gasteiger partial charge on any atom is 0.241 e. The van der Waals surface area contributed by atoms with Gasteiger partial charge < -0.3 is 0 Å². The Morgan fingerprint density at radius 3 is 1.37 bits per heavy atom. The third-order valence-corrected chi connectivity index (χ3v) is 15.8. The molecular formula is C34H40N4O6S2. The van der Waals surface area contributed by atoms with E-state index in [1.54, 1.807) is 6.07 Å². The summed E-state index contributed by atoms with van der Waals surface area (Å²) in [5.41, 5.74) is 1.53. The van der Waals surface area contributed by atoms with Crippen LogP contribution in [0.1, 0.15) is 77.0 Å². The fraction of sp³-hybridized carbons (Fsp3) is 0.588. The molecule has 12 heteroatoms. The maximum atomic E-state index is 13.8. The molecule has 8 aliphatic carbocycles. The van der Waals surface area contributed by atoms with Crippen LogP contribution in [0.3, 0.4) is 0 Å². The van der Waals surface area contributed by atoms with Crippen molar-refractivity contribution in [2.24, 2.45) is 40.7 Å². The van der Waals surface area contributed by atoms with E-state index in [0.29, 0.717) is 51.7 Å². The van der Waals surface area contributed by atoms with E-state index in [1.165, 1.54) is 68.9 Å². The van der Waals surface area contributed by atoms with E-state index in [9.17, 15) is 26.9 Å². The Labute approximate surface area is 269 Å². The van der Waals surface area contributed by atoms with Crippen LogP contribution in [-0.2, 0) is 20.0 Å². The molecular weight excluding hydrogens is 625 g/mol. The number of nitrogens with one attached hydrogen (secondary N) is 3. The standard InChI is InChI=1S/C34H40N4O6S2/c39-35-31-27-3-1-25(45(41,42)37-33-13-19-5-20(14-33)7-21(6-19)15-33)11-29(27)32(36-40)28-4-2-26(12-30(28)31)46(43,44)38-34-16-22-8-23(17-34)10-24(9-22)18-34/h1-4,11-12,19-24,35,37-39H,5-10,13-18H2. The summed E-state index contributed by atoms with van der Waals surface area (Å²) in [6.07, 6.45) is 12.3. The third kappa shape index (κ3) is 4.57. The van der Waals surface area contributed by atoms with Gasteiger partial charge in [0.15, 0.2) is 0 Å². The molecule has 0 atom stereocenters. The zero-order valence-corrected chi connectivity index (χ0v) is 27.3. The number of anilines is 1. The minimum atomic E-state index is -3.93. The summed E-state index contributed by atoms with van der Waals surface area (Å²) in [5, 5.41) is 14.9. The molecule has 0 unspecified atom stereocenters. The summed E-state index contributed by atoms with van der Waals surface area (Å²) < 4.78 is 61.5. The monoisotopic (exact) mass is 664 g/mol. The minimum absolute atomic E-state index is 0.00570. The molecule has 0 spiro atoms. The molecule has 8 aliphatic rings. The van der Waals surface area contributed by atoms with Gasteiger partial charge in [-0.1, -0.05) is 12.1 Å². The van der Waals surface area contributed by atoms with Gasteiger partial charge in [0.2, 0.25) is 20.0 Å². The Balaban J connectivity index is 1.09. The summed E-state index contributed by atoms with van der Waals surface area (Å²) in [7, 11) is -7.84. The predicted octanol–water partition coefficient (Wildman–Crippen LogP) is 6.69. The van der Waals surface area contributed by atoms with Crippen molar-refractivity contribution in [2.75, 3.05) is 5.48 Å². The molecule has 46 heavy (non-hydrogen) atoms. The highest BCUT2D eigenvalue weighted by Crippen LogP contribution is 2.57. The highest BCUT2D eigenvalue weighted by molar-refractivity contribution is 7.89. The Morgan fingerprint density at radius 2 is 0.978 bits per heavy atom. The second-order valence-electron chi connectivity index (χ2n) is 15.9. The fourth-order valence-electron chi connectivity index (χ4n) is 11.9. The molecule has 3 aromatic rings. The second kappa shape index (κ2) is 9.95. The van der Waals surface area contributed by atoms with Gasteiger partial charge in [0, 0.05) is 32.6 Å². The smallest absolute Gasteiger partial charge is 0.241 e. The van der Waals surface area contributed by atoms with Crippen LogP contribution in [0.5, 0.6) is 0 Å². The van der Waals surface area contributed by atoms with Crippen molar-refractivity contribution in [3.05, 3.63) is 41.3 Å². The van der Waals surface area contributed by atoms with E-state index in [4.69, 9.17) is 0 Å². The molecule has 8 fully saturated rings. The van der Waals surface area contributed by atoms with Crippen molar-refractivity contribution in [1.82, 2.24) is 9.44 Å². The molecule has 3 aromatic carbocycles. The predicted molar refractivity (Wildman–Crippen MR) is 175 cm³/mol. The van der Waals surface area contributed by atoms with E-state index >= 15 is 0 Å². The highest BCUT2D eigenvalue weighted by atomic mass is 32.2. The van der Waals surface area contributed by atoms with E-state index in [2.05, 4.69) is 20.1 Å². The van der Waals surface area contributed by atoms with Gasteiger partial charge >= 0.3 is 0 Å². The molecule has 0 saturated heterocycles. The lowest BCUT2D eigenvalue weighted by atomic mass is 9.53. The van der Waals surface area contributed by atoms with Crippen LogP contribution in [0.15, 0.2) is 51.4 Å². The number of hydrogen-bond acceptors (Lipinski definition) is 8. The van der Waals surface area contributed by atoms with Gasteiger partial charge in [-0.2, -0.15) is 0 Å². The van der Waals surface area contributed by atoms with Crippen LogP contribution in [0.4, 0.5) is 11.4 Å². The first-order chi connectivity index (χ1) is 22.0. The lowest BCUT2D eigenvalue weighted by molar-refractivity contribution is -0.00835. The van der Waals surface area contributed by atoms with Gasteiger partial charge in [-0.25, -0.2) is 26.3 Å². The normalized spacial score (nSPS) is 36.1. The molecule has 244 valence electrons. The molecule has 0 aromatic heterocycles. The molecule has 0 amide bonds. The maximum absolute atomic E-state index is 13.8. The summed E-state index contributed by atoms with van der Waals surface area (Å²) in [4.78, 5) is 12.4. The molecule has 8 saturated carbocycles. The van der Waals surface area contributed by atoms with Crippen molar-refractivity contribution in [2.45, 2.75) is 97.9 Å². The Kier molecular flexibility index (Phi) is 6.38. The minimum Gasteiger partial charge on any atom is -0.291 e. The highest BCUT2D eigenvalue weighted by Gasteiger charge is 2.53. The van der Waals surface area contributed by atoms with E-state index < -0.39 is 31.1 Å². The van der Waals surface area contributed by atoms with Gasteiger partial charge in [-0.3, -0.25) is 10.7 Å². The van der Waals surface area contributed by atoms with E-state index in [-0.39, 0.29) is 26.6 Å². The number of benzene rings is 3. The van der Waals surface area contributed by atoms with E-state index in [0.717, 1.165) is 38.5 Å². The Hall–Kier alpha value is -2.64. The second-order valence-corrected chi connectivity index (χ2v) is 19.3. The average molecular weight is 665 g/mol. The number of sulfonamides is 2. The van der Waals surface area contributed by atoms with Crippen LogP contribution in [0, 0.1) is 40.4 Å². The van der Waals surface area contributed by atoms with Crippen LogP contribution >= 0.6 is 0 Å². The third-order valence-electron chi connectivity index (χ3n) is 12.6. The SMILES string of the molecule is O=Nc1c2cc(S(=O)(=O)NC34CC5CC(CC(C5)C3)C4)ccc2c(NO)c2cc(S(=O)(=O)NC34CC5CC(CC(C5)C3)C4)ccc12. The van der Waals surface area contributed by atoms with E-state index in [1.807, 2.05) is 0 Å². The molecule has 10 nitrogen and oxygen atoms in total. The van der Waals surface area contributed by atoms with Crippen molar-refractivity contribution in [3.63, 3.8) is 0 Å². The first kappa shape index (κ1) is 29.5. The van der Waals surface area contributed by atoms with Gasteiger partial charge in [0.25, 0.3) is 0 Å². The summed E-state index contributed by atoms with van der Waals surface area (Å²) in [6.45, 7) is 0. The van der Waals surface area contributed by atoms with Crippen LogP contribution in [0.2, 0.25) is 0 Å². The molecule has 4 N–H and O–H groups in total. The number of fused-ring (bicyclic) bond motifs is 2. The van der Waals surface area contributed by atoms with Crippen molar-refractivity contribution in [3.8, 4) is 0 Å². The first-order valence-corrected chi connectivity index (χ1v) is 19.8. The Morgan fingerprint density at radius 1 is 0.587 bits per heavy atom. The molecule has 0 aliphatic heterocycles. The Bertz CT molecular complexity index is 1960. The summed E-state index contributed by atoms with van der Waals surface area (Å²) >= 11 is 0. The van der Waals surface area contributed by atoms with Gasteiger partial charge in [0.05, 0.1) is 15.5 Å². The van der Waals surface area contributed by atoms with Crippen molar-refractivity contribution < 1.29 is 22.0 Å². The molecule has 0 heterocycles. The van der Waals surface area contributed by atoms with Crippen molar-refractivity contribution in [1.29, 1.82) is 0 Å². The van der Waals surface area contributed by atoms with Gasteiger partial charge in [0.1, 0.15) is 5.69 Å². The van der Waals surface area contributed by atoms with Crippen LogP contribution in [0.25, 0.3) is 21.5 Å². The fourth-order valence-corrected chi connectivity index (χ4v) is 14.8. The van der Waals surface area contributed by atoms with Crippen LogP contribution < -0.4 is 14.9 Å². The van der Waals surface area contributed by atoms with Gasteiger partial charge in [-0.05, 0) is 142 Å². The topological polar surface area (TPSA) is 154 Å². The van der Waals surface area contributed by atoms with Gasteiger partial charge in [-0.15, -0.1) is 4.91 Å². The number of nitrogens with zero attached hydrogens (tertiary/aromatic N) is 1.